The van der Waals surface area contributed by atoms with E-state index in [0.717, 1.165) is 0 Å². The van der Waals surface area contributed by atoms with Gasteiger partial charge < -0.3 is 9.47 Å². The molecule has 3 N–H and O–H groups in total. The number of nitrogens with one attached hydrogen (secondary N) is 3. The summed E-state index contributed by atoms with van der Waals surface area (Å²) < 4.78 is 37.4. The Kier molecular flexibility index (Phi) is 5.04. The second-order valence-electron chi connectivity index (χ2n) is 6.56. The number of nitrogens with zero attached hydrogens (tertiary/aromatic N) is 1. The number of ether oxygens (including phenoxy) is 2. The van der Waals surface area contributed by atoms with Gasteiger partial charge in [0.05, 0.1) is 4.90 Å². The molecule has 0 aromatic heterocycles. The molecular weight excluding hydrogens is 412 g/mol. The van der Waals surface area contributed by atoms with Crippen LogP contribution in [0.3, 0.4) is 0 Å². The van der Waals surface area contributed by atoms with Crippen LogP contribution in [0.4, 0.5) is 0 Å². The molecule has 0 radical (unpaired) electrons. The van der Waals surface area contributed by atoms with Crippen LogP contribution in [-0.2, 0) is 14.8 Å². The maximum Gasteiger partial charge on any atom is 0.269 e. The summed E-state index contributed by atoms with van der Waals surface area (Å²) in [6.07, 6.45) is 0. The van der Waals surface area contributed by atoms with Gasteiger partial charge in [-0.2, -0.15) is 0 Å². The summed E-state index contributed by atoms with van der Waals surface area (Å²) in [6.45, 7) is 2.31. The van der Waals surface area contributed by atoms with Crippen molar-refractivity contribution < 1.29 is 27.5 Å². The molecule has 1 atom stereocenters. The van der Waals surface area contributed by atoms with E-state index in [9.17, 15) is 18.0 Å². The van der Waals surface area contributed by atoms with E-state index in [2.05, 4.69) is 20.6 Å². The number of fused-ring (bicyclic) bond motifs is 2. The van der Waals surface area contributed by atoms with Gasteiger partial charge in [0.2, 0.25) is 0 Å². The van der Waals surface area contributed by atoms with E-state index in [-0.39, 0.29) is 16.3 Å². The first-order valence-electron chi connectivity index (χ1n) is 9.05. The van der Waals surface area contributed by atoms with Crippen molar-refractivity contribution in [3.8, 4) is 11.5 Å². The smallest absolute Gasteiger partial charge is 0.269 e. The molecule has 10 nitrogen and oxygen atoms in total. The number of amidine groups is 1. The predicted molar refractivity (Wildman–Crippen MR) is 106 cm³/mol. The van der Waals surface area contributed by atoms with Crippen LogP contribution < -0.4 is 25.0 Å². The molecule has 2 aromatic carbocycles. The molecule has 2 heterocycles. The second-order valence-corrected chi connectivity index (χ2v) is 8.21. The van der Waals surface area contributed by atoms with Crippen molar-refractivity contribution in [3.05, 3.63) is 53.6 Å². The highest BCUT2D eigenvalue weighted by molar-refractivity contribution is 7.90. The van der Waals surface area contributed by atoms with Crippen molar-refractivity contribution in [3.63, 3.8) is 0 Å². The fourth-order valence-electron chi connectivity index (χ4n) is 2.96. The van der Waals surface area contributed by atoms with Gasteiger partial charge in [-0.15, -0.1) is 0 Å². The highest BCUT2D eigenvalue weighted by atomic mass is 32.2. The van der Waals surface area contributed by atoms with Crippen LogP contribution in [0.5, 0.6) is 11.5 Å². The average Bonchev–Trinajstić information content (AvgIpc) is 3.01. The first kappa shape index (κ1) is 19.7. The monoisotopic (exact) mass is 430 g/mol. The minimum Gasteiger partial charge on any atom is -0.486 e. The lowest BCUT2D eigenvalue weighted by Gasteiger charge is -2.18. The molecule has 0 saturated heterocycles. The predicted octanol–water partition coefficient (Wildman–Crippen LogP) is 0.346. The molecule has 0 spiro atoms. The number of sulfonamides is 1. The number of benzene rings is 2. The van der Waals surface area contributed by atoms with Crippen molar-refractivity contribution in [1.29, 1.82) is 0 Å². The number of carbonyl (C=O) groups is 2. The van der Waals surface area contributed by atoms with Crippen LogP contribution in [0.2, 0.25) is 0 Å². The Hall–Kier alpha value is -3.60. The summed E-state index contributed by atoms with van der Waals surface area (Å²) >= 11 is 0. The molecule has 11 heteroatoms. The van der Waals surface area contributed by atoms with E-state index < -0.39 is 27.9 Å². The molecule has 0 unspecified atom stereocenters. The maximum atomic E-state index is 12.3. The maximum absolute atomic E-state index is 12.3. The number of hydrogen-bond donors (Lipinski definition) is 3. The molecule has 0 aliphatic carbocycles. The van der Waals surface area contributed by atoms with Crippen molar-refractivity contribution in [2.45, 2.75) is 17.9 Å². The van der Waals surface area contributed by atoms with E-state index in [1.165, 1.54) is 19.1 Å². The average molecular weight is 430 g/mol. The standard InChI is InChI=1S/C19H18N4O6S/c1-11(20-17-13-4-2-3-5-16(13)30(26,27)23-17)18(24)21-22-19(25)12-6-7-14-15(10-12)29-9-8-28-14/h2-7,10-11H,8-9H2,1H3,(H,20,23)(H,21,24)(H,22,25)/t11-/m0/s1. The number of hydrazine groups is 1. The molecule has 2 aliphatic heterocycles. The largest absolute Gasteiger partial charge is 0.486 e. The van der Waals surface area contributed by atoms with Gasteiger partial charge in [-0.1, -0.05) is 12.1 Å². The Morgan fingerprint density at radius 2 is 1.80 bits per heavy atom. The van der Waals surface area contributed by atoms with Gasteiger partial charge in [-0.25, -0.2) is 8.42 Å². The number of rotatable bonds is 3. The third kappa shape index (κ3) is 3.79. The Balaban J connectivity index is 1.41. The molecular formula is C19H18N4O6S. The van der Waals surface area contributed by atoms with Crippen LogP contribution >= 0.6 is 0 Å². The molecule has 0 saturated carbocycles. The molecule has 156 valence electrons. The Labute approximate surface area is 172 Å². The van der Waals surface area contributed by atoms with E-state index in [0.29, 0.717) is 30.3 Å². The van der Waals surface area contributed by atoms with Gasteiger partial charge in [0.1, 0.15) is 25.1 Å². The lowest BCUT2D eigenvalue weighted by Crippen LogP contribution is -2.45. The SMILES string of the molecule is C[C@H](N=C1NS(=O)(=O)c2ccccc21)C(=O)NNC(=O)c1ccc2c(c1)OCCO2. The molecule has 2 amide bonds. The fraction of sp³-hybridized carbons (Fsp3) is 0.211. The zero-order chi connectivity index (χ0) is 21.3. The van der Waals surface area contributed by atoms with Crippen LogP contribution in [0.25, 0.3) is 0 Å². The van der Waals surface area contributed by atoms with E-state index in [4.69, 9.17) is 9.47 Å². The highest BCUT2D eigenvalue weighted by Crippen LogP contribution is 2.30. The quantitative estimate of drug-likeness (QED) is 0.601. The number of amides is 2. The van der Waals surface area contributed by atoms with Crippen molar-refractivity contribution in [2.75, 3.05) is 13.2 Å². The number of aliphatic imine (C=N–C) groups is 1. The van der Waals surface area contributed by atoms with Gasteiger partial charge in [-0.3, -0.25) is 30.2 Å². The lowest BCUT2D eigenvalue weighted by molar-refractivity contribution is -0.122. The summed E-state index contributed by atoms with van der Waals surface area (Å²) in [5, 5.41) is 0. The van der Waals surface area contributed by atoms with Crippen LogP contribution in [0.1, 0.15) is 22.8 Å². The minimum absolute atomic E-state index is 0.0754. The molecule has 30 heavy (non-hydrogen) atoms. The van der Waals surface area contributed by atoms with Crippen LogP contribution in [0, 0.1) is 0 Å². The first-order valence-corrected chi connectivity index (χ1v) is 10.5. The Bertz CT molecular complexity index is 1160. The third-order valence-corrected chi connectivity index (χ3v) is 5.87. The van der Waals surface area contributed by atoms with Gasteiger partial charge in [0.25, 0.3) is 21.8 Å². The summed E-state index contributed by atoms with van der Waals surface area (Å²) in [6, 6.07) is 10.0. The van der Waals surface area contributed by atoms with Crippen molar-refractivity contribution >= 4 is 27.7 Å². The van der Waals surface area contributed by atoms with Crippen molar-refractivity contribution in [2.24, 2.45) is 4.99 Å². The lowest BCUT2D eigenvalue weighted by atomic mass is 10.2. The molecule has 2 aromatic rings. The first-order chi connectivity index (χ1) is 14.3. The van der Waals surface area contributed by atoms with E-state index in [1.54, 1.807) is 30.3 Å². The van der Waals surface area contributed by atoms with E-state index >= 15 is 0 Å². The van der Waals surface area contributed by atoms with Crippen LogP contribution in [-0.4, -0.2) is 45.3 Å². The molecule has 2 aliphatic rings. The summed E-state index contributed by atoms with van der Waals surface area (Å²) in [5.41, 5.74) is 5.25. The second kappa shape index (κ2) is 7.67. The van der Waals surface area contributed by atoms with Gasteiger partial charge in [0.15, 0.2) is 11.5 Å². The van der Waals surface area contributed by atoms with Gasteiger partial charge in [0, 0.05) is 11.1 Å². The van der Waals surface area contributed by atoms with E-state index in [1.807, 2.05) is 0 Å². The molecule has 0 fully saturated rings. The summed E-state index contributed by atoms with van der Waals surface area (Å²) in [5.74, 6) is -0.0896. The zero-order valence-electron chi connectivity index (χ0n) is 15.8. The van der Waals surface area contributed by atoms with Gasteiger partial charge >= 0.3 is 0 Å². The van der Waals surface area contributed by atoms with Crippen molar-refractivity contribution in [1.82, 2.24) is 15.6 Å². The number of carbonyl (C=O) groups excluding carboxylic acids is 2. The van der Waals surface area contributed by atoms with Crippen LogP contribution in [0.15, 0.2) is 52.4 Å². The summed E-state index contributed by atoms with van der Waals surface area (Å²) in [4.78, 5) is 28.9. The Morgan fingerprint density at radius 1 is 1.07 bits per heavy atom. The molecule has 0 bridgehead atoms. The van der Waals surface area contributed by atoms with Gasteiger partial charge in [-0.05, 0) is 37.3 Å². The minimum atomic E-state index is -3.70. The number of hydrogen-bond acceptors (Lipinski definition) is 7. The molecule has 4 rings (SSSR count). The topological polar surface area (TPSA) is 135 Å². The Morgan fingerprint density at radius 3 is 2.60 bits per heavy atom. The summed E-state index contributed by atoms with van der Waals surface area (Å²) in [7, 11) is -3.70. The normalized spacial score (nSPS) is 18.1. The fourth-order valence-corrected chi connectivity index (χ4v) is 4.20. The third-order valence-electron chi connectivity index (χ3n) is 4.47. The zero-order valence-corrected chi connectivity index (χ0v) is 16.7. The highest BCUT2D eigenvalue weighted by Gasteiger charge is 2.31.